The smallest absolute Gasteiger partial charge is 0.257 e. The second-order valence-corrected chi connectivity index (χ2v) is 9.76. The second-order valence-electron chi connectivity index (χ2n) is 9.76. The fraction of sp³-hybridized carbons (Fsp3) is 0.375. The van der Waals surface area contributed by atoms with Gasteiger partial charge in [0.2, 0.25) is 0 Å². The Kier molecular flexibility index (Phi) is 10.2. The maximum Gasteiger partial charge on any atom is 0.257 e. The first-order valence-electron chi connectivity index (χ1n) is 13.7. The van der Waals surface area contributed by atoms with Crippen molar-refractivity contribution in [3.8, 4) is 17.2 Å². The Morgan fingerprint density at radius 3 is 2.51 bits per heavy atom. The quantitative estimate of drug-likeness (QED) is 0.190. The van der Waals surface area contributed by atoms with Gasteiger partial charge in [-0.2, -0.15) is 0 Å². The van der Waals surface area contributed by atoms with Crippen LogP contribution in [0.5, 0.6) is 17.2 Å². The van der Waals surface area contributed by atoms with E-state index in [4.69, 9.17) is 19.2 Å². The molecule has 0 saturated carbocycles. The third-order valence-corrected chi connectivity index (χ3v) is 6.69. The van der Waals surface area contributed by atoms with Crippen molar-refractivity contribution >= 4 is 16.9 Å². The molecule has 0 unspecified atom stereocenters. The van der Waals surface area contributed by atoms with Gasteiger partial charge in [-0.25, -0.2) is 4.98 Å². The van der Waals surface area contributed by atoms with E-state index in [1.54, 1.807) is 7.11 Å². The third kappa shape index (κ3) is 8.24. The summed E-state index contributed by atoms with van der Waals surface area (Å²) in [7, 11) is 1.66. The number of nitrogens with zero attached hydrogens (tertiary/aromatic N) is 2. The van der Waals surface area contributed by atoms with Crippen molar-refractivity contribution in [3.63, 3.8) is 0 Å². The van der Waals surface area contributed by atoms with Gasteiger partial charge in [0.25, 0.3) is 5.91 Å². The summed E-state index contributed by atoms with van der Waals surface area (Å²) in [5.74, 6) is 3.44. The zero-order valence-corrected chi connectivity index (χ0v) is 23.2. The topological polar surface area (TPSA) is 74.6 Å². The molecule has 1 aromatic heterocycles. The number of ether oxygens (including phenoxy) is 3. The van der Waals surface area contributed by atoms with Gasteiger partial charge in [0.15, 0.2) is 6.61 Å². The number of methoxy groups -OCH3 is 1. The van der Waals surface area contributed by atoms with Crippen molar-refractivity contribution in [1.82, 2.24) is 14.9 Å². The average Bonchev–Trinajstić information content (AvgIpc) is 3.31. The summed E-state index contributed by atoms with van der Waals surface area (Å²) in [5.41, 5.74) is 4.34. The number of rotatable bonds is 15. The number of aromatic nitrogens is 2. The fourth-order valence-electron chi connectivity index (χ4n) is 4.52. The van der Waals surface area contributed by atoms with Crippen LogP contribution in [-0.4, -0.2) is 42.3 Å². The van der Waals surface area contributed by atoms with Gasteiger partial charge >= 0.3 is 0 Å². The van der Waals surface area contributed by atoms with Gasteiger partial charge in [-0.1, -0.05) is 30.7 Å². The molecule has 1 amide bonds. The molecule has 0 fully saturated rings. The highest BCUT2D eigenvalue weighted by molar-refractivity contribution is 5.77. The van der Waals surface area contributed by atoms with Crippen LogP contribution in [0.2, 0.25) is 0 Å². The number of carbonyl (C=O) groups is 1. The molecule has 7 heteroatoms. The molecule has 3 aromatic carbocycles. The monoisotopic (exact) mass is 529 g/mol. The van der Waals surface area contributed by atoms with Gasteiger partial charge in [0, 0.05) is 19.5 Å². The fourth-order valence-corrected chi connectivity index (χ4v) is 4.52. The highest BCUT2D eigenvalue weighted by Crippen LogP contribution is 2.21. The molecule has 1 heterocycles. The number of amides is 1. The highest BCUT2D eigenvalue weighted by Gasteiger charge is 2.11. The minimum absolute atomic E-state index is 0.0382. The van der Waals surface area contributed by atoms with E-state index in [2.05, 4.69) is 28.1 Å². The lowest BCUT2D eigenvalue weighted by Gasteiger charge is -2.11. The van der Waals surface area contributed by atoms with E-state index in [-0.39, 0.29) is 12.5 Å². The van der Waals surface area contributed by atoms with E-state index >= 15 is 0 Å². The molecule has 0 saturated heterocycles. The Hall–Kier alpha value is -4.00. The Bertz CT molecular complexity index is 1350. The Morgan fingerprint density at radius 2 is 1.69 bits per heavy atom. The number of hydrogen-bond acceptors (Lipinski definition) is 5. The van der Waals surface area contributed by atoms with Crippen LogP contribution in [-0.2, 0) is 17.8 Å². The van der Waals surface area contributed by atoms with Gasteiger partial charge in [0.05, 0.1) is 24.8 Å². The first-order valence-corrected chi connectivity index (χ1v) is 13.7. The lowest BCUT2D eigenvalue weighted by molar-refractivity contribution is -0.123. The molecule has 0 aliphatic carbocycles. The largest absolute Gasteiger partial charge is 0.497 e. The SMILES string of the molecule is COc1ccc(OCCCn2c(CCCCCNC(=O)COc3cc(C)ccc3C)nc3ccccc32)cc1. The molecule has 0 atom stereocenters. The summed E-state index contributed by atoms with van der Waals surface area (Å²) in [6.45, 7) is 6.16. The number of hydrogen-bond donors (Lipinski definition) is 1. The van der Waals surface area contributed by atoms with Crippen molar-refractivity contribution < 1.29 is 19.0 Å². The normalized spacial score (nSPS) is 10.9. The number of para-hydroxylation sites is 2. The molecule has 206 valence electrons. The van der Waals surface area contributed by atoms with Gasteiger partial charge in [-0.05, 0) is 86.7 Å². The van der Waals surface area contributed by atoms with E-state index in [9.17, 15) is 4.79 Å². The van der Waals surface area contributed by atoms with Gasteiger partial charge in [-0.15, -0.1) is 0 Å². The van der Waals surface area contributed by atoms with Crippen LogP contribution < -0.4 is 19.5 Å². The number of carbonyl (C=O) groups excluding carboxylic acids is 1. The number of imidazole rings is 1. The van der Waals surface area contributed by atoms with E-state index < -0.39 is 0 Å². The van der Waals surface area contributed by atoms with Crippen LogP contribution in [0, 0.1) is 13.8 Å². The Balaban J connectivity index is 1.18. The molecule has 4 aromatic rings. The van der Waals surface area contributed by atoms with E-state index in [0.29, 0.717) is 13.2 Å². The molecular formula is C32H39N3O4. The van der Waals surface area contributed by atoms with E-state index in [1.165, 1.54) is 0 Å². The zero-order chi connectivity index (χ0) is 27.5. The molecule has 7 nitrogen and oxygen atoms in total. The van der Waals surface area contributed by atoms with Crippen LogP contribution >= 0.6 is 0 Å². The molecule has 0 bridgehead atoms. The summed E-state index contributed by atoms with van der Waals surface area (Å²) in [4.78, 5) is 17.1. The summed E-state index contributed by atoms with van der Waals surface area (Å²) in [6, 6.07) is 22.0. The predicted molar refractivity (Wildman–Crippen MR) is 155 cm³/mol. The summed E-state index contributed by atoms with van der Waals surface area (Å²) < 4.78 is 19.1. The molecule has 0 aliphatic rings. The molecular weight excluding hydrogens is 490 g/mol. The molecule has 0 aliphatic heterocycles. The standard InChI is InChI=1S/C32H39N3O4/c1-24-13-14-25(2)30(22-24)39-23-32(36)33-19-8-4-5-12-31-34-28-10-6-7-11-29(28)35(31)20-9-21-38-27-17-15-26(37-3)16-18-27/h6-7,10-11,13-18,22H,4-5,8-9,12,19-21,23H2,1-3H3,(H,33,36). The Morgan fingerprint density at radius 1 is 0.897 bits per heavy atom. The van der Waals surface area contributed by atoms with Crippen LogP contribution in [0.1, 0.15) is 42.6 Å². The van der Waals surface area contributed by atoms with Crippen LogP contribution in [0.3, 0.4) is 0 Å². The van der Waals surface area contributed by atoms with Gasteiger partial charge < -0.3 is 24.1 Å². The minimum Gasteiger partial charge on any atom is -0.497 e. The minimum atomic E-state index is -0.0884. The first-order chi connectivity index (χ1) is 19.0. The van der Waals surface area contributed by atoms with Crippen LogP contribution in [0.4, 0.5) is 0 Å². The van der Waals surface area contributed by atoms with Crippen molar-refractivity contribution in [2.45, 2.75) is 52.5 Å². The number of nitrogens with one attached hydrogen (secondary N) is 1. The summed E-state index contributed by atoms with van der Waals surface area (Å²) in [6.07, 6.45) is 4.74. The van der Waals surface area contributed by atoms with Crippen LogP contribution in [0.25, 0.3) is 11.0 Å². The van der Waals surface area contributed by atoms with Gasteiger partial charge in [-0.3, -0.25) is 4.79 Å². The molecule has 4 rings (SSSR count). The summed E-state index contributed by atoms with van der Waals surface area (Å²) in [5, 5.41) is 2.97. The highest BCUT2D eigenvalue weighted by atomic mass is 16.5. The molecule has 39 heavy (non-hydrogen) atoms. The van der Waals surface area contributed by atoms with E-state index in [1.807, 2.05) is 62.4 Å². The number of aryl methyl sites for hydroxylation is 4. The number of benzene rings is 3. The first kappa shape index (κ1) is 28.0. The lowest BCUT2D eigenvalue weighted by Crippen LogP contribution is -2.29. The van der Waals surface area contributed by atoms with Gasteiger partial charge in [0.1, 0.15) is 23.1 Å². The molecule has 0 spiro atoms. The number of fused-ring (bicyclic) bond motifs is 1. The lowest BCUT2D eigenvalue weighted by atomic mass is 10.1. The van der Waals surface area contributed by atoms with E-state index in [0.717, 1.165) is 83.9 Å². The average molecular weight is 530 g/mol. The molecule has 0 radical (unpaired) electrons. The maximum atomic E-state index is 12.2. The predicted octanol–water partition coefficient (Wildman–Crippen LogP) is 6.04. The van der Waals surface area contributed by atoms with Crippen molar-refractivity contribution in [3.05, 3.63) is 83.7 Å². The van der Waals surface area contributed by atoms with Crippen molar-refractivity contribution in [1.29, 1.82) is 0 Å². The second kappa shape index (κ2) is 14.2. The van der Waals surface area contributed by atoms with Crippen molar-refractivity contribution in [2.24, 2.45) is 0 Å². The maximum absolute atomic E-state index is 12.2. The van der Waals surface area contributed by atoms with Crippen molar-refractivity contribution in [2.75, 3.05) is 26.9 Å². The number of unbranched alkanes of at least 4 members (excludes halogenated alkanes) is 2. The molecule has 1 N–H and O–H groups in total. The third-order valence-electron chi connectivity index (χ3n) is 6.69. The summed E-state index contributed by atoms with van der Waals surface area (Å²) >= 11 is 0. The Labute approximate surface area is 231 Å². The zero-order valence-electron chi connectivity index (χ0n) is 23.2. The van der Waals surface area contributed by atoms with Crippen LogP contribution in [0.15, 0.2) is 66.7 Å².